The molecule has 1 aliphatic rings. The van der Waals surface area contributed by atoms with E-state index in [0.29, 0.717) is 13.1 Å². The summed E-state index contributed by atoms with van der Waals surface area (Å²) in [6.07, 6.45) is 0. The van der Waals surface area contributed by atoms with E-state index in [9.17, 15) is 4.79 Å². The first-order chi connectivity index (χ1) is 14.5. The van der Waals surface area contributed by atoms with E-state index in [1.54, 1.807) is 7.11 Å². The summed E-state index contributed by atoms with van der Waals surface area (Å²) in [4.78, 5) is 17.3. The number of rotatable bonds is 5. The van der Waals surface area contributed by atoms with Crippen LogP contribution in [0.2, 0.25) is 0 Å². The number of methoxy groups -OCH3 is 1. The zero-order chi connectivity index (χ0) is 21.3. The Hall–Kier alpha value is -3.12. The minimum absolute atomic E-state index is 0.0913. The Kier molecular flexibility index (Phi) is 5.59. The van der Waals surface area contributed by atoms with Gasteiger partial charge in [-0.15, -0.1) is 0 Å². The standard InChI is InChI=1S/C24H28N4O2/c1-17-20(23(25-26(17)3)19-10-6-5-7-11-19)16-27-14-15-28(24(29)18(27)2)21-12-8-9-13-22(21)30-4/h5-13,18H,14-16H2,1-4H3/t18-/m1/s1. The minimum Gasteiger partial charge on any atom is -0.495 e. The van der Waals surface area contributed by atoms with E-state index in [1.165, 1.54) is 5.56 Å². The molecule has 0 N–H and O–H groups in total. The number of anilines is 1. The maximum Gasteiger partial charge on any atom is 0.244 e. The Morgan fingerprint density at radius 1 is 1.07 bits per heavy atom. The summed E-state index contributed by atoms with van der Waals surface area (Å²) in [5, 5.41) is 4.75. The third kappa shape index (κ3) is 3.59. The lowest BCUT2D eigenvalue weighted by Crippen LogP contribution is -2.55. The molecule has 2 heterocycles. The summed E-state index contributed by atoms with van der Waals surface area (Å²) < 4.78 is 7.40. The quantitative estimate of drug-likeness (QED) is 0.652. The topological polar surface area (TPSA) is 50.6 Å². The Morgan fingerprint density at radius 2 is 1.77 bits per heavy atom. The van der Waals surface area contributed by atoms with E-state index in [1.807, 2.05) is 66.0 Å². The number of aromatic nitrogens is 2. The number of carbonyl (C=O) groups is 1. The molecule has 0 radical (unpaired) electrons. The van der Waals surface area contributed by atoms with Crippen LogP contribution in [0.3, 0.4) is 0 Å². The summed E-state index contributed by atoms with van der Waals surface area (Å²) in [5.41, 5.74) is 5.22. The van der Waals surface area contributed by atoms with Gasteiger partial charge in [0.15, 0.2) is 0 Å². The largest absolute Gasteiger partial charge is 0.495 e. The van der Waals surface area contributed by atoms with Crippen molar-refractivity contribution in [3.63, 3.8) is 0 Å². The van der Waals surface area contributed by atoms with E-state index in [0.717, 1.165) is 34.9 Å². The Labute approximate surface area is 177 Å². The maximum absolute atomic E-state index is 13.2. The molecule has 4 rings (SSSR count). The predicted molar refractivity (Wildman–Crippen MR) is 119 cm³/mol. The van der Waals surface area contributed by atoms with Crippen LogP contribution in [0.25, 0.3) is 11.3 Å². The van der Waals surface area contributed by atoms with E-state index in [4.69, 9.17) is 9.84 Å². The zero-order valence-corrected chi connectivity index (χ0v) is 18.0. The Bertz CT molecular complexity index is 1040. The third-order valence-electron chi connectivity index (χ3n) is 6.02. The third-order valence-corrected chi connectivity index (χ3v) is 6.02. The molecular weight excluding hydrogens is 376 g/mol. The van der Waals surface area contributed by atoms with E-state index in [2.05, 4.69) is 24.0 Å². The predicted octanol–water partition coefficient (Wildman–Crippen LogP) is 3.64. The maximum atomic E-state index is 13.2. The molecule has 1 aliphatic heterocycles. The molecule has 156 valence electrons. The second-order valence-electron chi connectivity index (χ2n) is 7.71. The number of para-hydroxylation sites is 2. The van der Waals surface area contributed by atoms with Gasteiger partial charge in [-0.05, 0) is 26.0 Å². The van der Waals surface area contributed by atoms with Gasteiger partial charge in [0.05, 0.1) is 24.5 Å². The normalized spacial score (nSPS) is 17.4. The van der Waals surface area contributed by atoms with Gasteiger partial charge < -0.3 is 9.64 Å². The van der Waals surface area contributed by atoms with Crippen LogP contribution >= 0.6 is 0 Å². The van der Waals surface area contributed by atoms with Gasteiger partial charge in [0.25, 0.3) is 0 Å². The number of carbonyl (C=O) groups excluding carboxylic acids is 1. The number of nitrogens with zero attached hydrogens (tertiary/aromatic N) is 4. The van der Waals surface area contributed by atoms with Gasteiger partial charge in [0.1, 0.15) is 5.75 Å². The molecule has 1 saturated heterocycles. The molecule has 0 bridgehead atoms. The first kappa shape index (κ1) is 20.2. The van der Waals surface area contributed by atoms with Crippen LogP contribution < -0.4 is 9.64 Å². The number of piperazine rings is 1. The monoisotopic (exact) mass is 404 g/mol. The molecule has 1 aromatic heterocycles. The highest BCUT2D eigenvalue weighted by molar-refractivity contribution is 5.99. The summed E-state index contributed by atoms with van der Waals surface area (Å²) in [6, 6.07) is 17.7. The van der Waals surface area contributed by atoms with Gasteiger partial charge >= 0.3 is 0 Å². The average Bonchev–Trinajstić information content (AvgIpc) is 3.06. The Morgan fingerprint density at radius 3 is 2.50 bits per heavy atom. The van der Waals surface area contributed by atoms with E-state index >= 15 is 0 Å². The fraction of sp³-hybridized carbons (Fsp3) is 0.333. The van der Waals surface area contributed by atoms with Gasteiger partial charge in [0, 0.05) is 43.5 Å². The molecule has 1 amide bonds. The van der Waals surface area contributed by atoms with Crippen molar-refractivity contribution in [2.75, 3.05) is 25.1 Å². The zero-order valence-electron chi connectivity index (χ0n) is 18.0. The highest BCUT2D eigenvalue weighted by atomic mass is 16.5. The average molecular weight is 405 g/mol. The second-order valence-corrected chi connectivity index (χ2v) is 7.71. The van der Waals surface area contributed by atoms with Crippen molar-refractivity contribution in [3.05, 3.63) is 65.9 Å². The highest BCUT2D eigenvalue weighted by Crippen LogP contribution is 2.32. The highest BCUT2D eigenvalue weighted by Gasteiger charge is 2.34. The fourth-order valence-electron chi connectivity index (χ4n) is 4.09. The molecule has 0 unspecified atom stereocenters. The van der Waals surface area contributed by atoms with Crippen LogP contribution in [0.5, 0.6) is 5.75 Å². The number of benzene rings is 2. The SMILES string of the molecule is COc1ccccc1N1CCN(Cc2c(-c3ccccc3)nn(C)c2C)[C@H](C)C1=O. The van der Waals surface area contributed by atoms with Crippen LogP contribution in [0.4, 0.5) is 5.69 Å². The molecule has 1 atom stereocenters. The van der Waals surface area contributed by atoms with Gasteiger partial charge in [-0.1, -0.05) is 42.5 Å². The molecule has 6 heteroatoms. The molecule has 0 aliphatic carbocycles. The Balaban J connectivity index is 1.59. The second kappa shape index (κ2) is 8.32. The molecule has 1 fully saturated rings. The van der Waals surface area contributed by atoms with Crippen molar-refractivity contribution in [2.45, 2.75) is 26.4 Å². The molecule has 30 heavy (non-hydrogen) atoms. The van der Waals surface area contributed by atoms with Crippen LogP contribution in [0, 0.1) is 6.92 Å². The van der Waals surface area contributed by atoms with Crippen molar-refractivity contribution in [2.24, 2.45) is 7.05 Å². The van der Waals surface area contributed by atoms with Gasteiger partial charge in [-0.3, -0.25) is 14.4 Å². The molecule has 6 nitrogen and oxygen atoms in total. The van der Waals surface area contributed by atoms with Crippen molar-refractivity contribution in [1.29, 1.82) is 0 Å². The van der Waals surface area contributed by atoms with Crippen molar-refractivity contribution >= 4 is 11.6 Å². The molecular formula is C24H28N4O2. The first-order valence-corrected chi connectivity index (χ1v) is 10.3. The molecule has 3 aromatic rings. The number of ether oxygens (including phenoxy) is 1. The summed E-state index contributed by atoms with van der Waals surface area (Å²) in [6.45, 7) is 6.18. The smallest absolute Gasteiger partial charge is 0.244 e. The number of hydrogen-bond donors (Lipinski definition) is 0. The molecule has 2 aromatic carbocycles. The van der Waals surface area contributed by atoms with E-state index < -0.39 is 0 Å². The fourth-order valence-corrected chi connectivity index (χ4v) is 4.09. The van der Waals surface area contributed by atoms with Crippen LogP contribution in [-0.4, -0.2) is 46.8 Å². The molecule has 0 spiro atoms. The summed E-state index contributed by atoms with van der Waals surface area (Å²) >= 11 is 0. The van der Waals surface area contributed by atoms with Gasteiger partial charge in [-0.25, -0.2) is 0 Å². The van der Waals surface area contributed by atoms with Crippen molar-refractivity contribution in [1.82, 2.24) is 14.7 Å². The summed E-state index contributed by atoms with van der Waals surface area (Å²) in [5.74, 6) is 0.814. The van der Waals surface area contributed by atoms with Crippen molar-refractivity contribution < 1.29 is 9.53 Å². The minimum atomic E-state index is -0.230. The van der Waals surface area contributed by atoms with Gasteiger partial charge in [0.2, 0.25) is 5.91 Å². The van der Waals surface area contributed by atoms with Crippen LogP contribution in [0.15, 0.2) is 54.6 Å². The lowest BCUT2D eigenvalue weighted by atomic mass is 10.0. The van der Waals surface area contributed by atoms with E-state index in [-0.39, 0.29) is 11.9 Å². The number of aryl methyl sites for hydroxylation is 1. The van der Waals surface area contributed by atoms with Crippen LogP contribution in [-0.2, 0) is 18.4 Å². The van der Waals surface area contributed by atoms with Crippen LogP contribution in [0.1, 0.15) is 18.2 Å². The van der Waals surface area contributed by atoms with Gasteiger partial charge in [-0.2, -0.15) is 5.10 Å². The lowest BCUT2D eigenvalue weighted by molar-refractivity contribution is -0.125. The number of hydrogen-bond acceptors (Lipinski definition) is 4. The first-order valence-electron chi connectivity index (χ1n) is 10.3. The van der Waals surface area contributed by atoms with Crippen molar-refractivity contribution in [3.8, 4) is 17.0 Å². The summed E-state index contributed by atoms with van der Waals surface area (Å²) in [7, 11) is 3.61. The lowest BCUT2D eigenvalue weighted by Gasteiger charge is -2.39. The molecule has 0 saturated carbocycles. The number of amides is 1.